The summed E-state index contributed by atoms with van der Waals surface area (Å²) in [6.45, 7) is 5.41. The Balaban J connectivity index is 2.18. The maximum atomic E-state index is 12.1. The SMILES string of the molecule is C=Cc1ccccc1COC(=O)c1c(C)cc(O)cc1O. The van der Waals surface area contributed by atoms with Gasteiger partial charge in [-0.3, -0.25) is 0 Å². The molecule has 2 aromatic carbocycles. The van der Waals surface area contributed by atoms with Gasteiger partial charge in [-0.1, -0.05) is 36.9 Å². The Hall–Kier alpha value is -2.75. The molecule has 0 heterocycles. The molecule has 0 saturated carbocycles. The molecule has 0 saturated heterocycles. The summed E-state index contributed by atoms with van der Waals surface area (Å²) in [5, 5.41) is 19.1. The Bertz CT molecular complexity index is 666. The molecule has 0 spiro atoms. The second-order valence-corrected chi connectivity index (χ2v) is 4.64. The lowest BCUT2D eigenvalue weighted by molar-refractivity contribution is 0.0468. The van der Waals surface area contributed by atoms with Gasteiger partial charge in [0.25, 0.3) is 0 Å². The zero-order valence-corrected chi connectivity index (χ0v) is 11.7. The lowest BCUT2D eigenvalue weighted by atomic mass is 10.1. The molecule has 0 aliphatic heterocycles. The van der Waals surface area contributed by atoms with E-state index in [0.29, 0.717) is 5.56 Å². The summed E-state index contributed by atoms with van der Waals surface area (Å²) < 4.78 is 5.23. The van der Waals surface area contributed by atoms with E-state index in [1.165, 1.54) is 6.07 Å². The first-order chi connectivity index (χ1) is 10.0. The fraction of sp³-hybridized carbons (Fsp3) is 0.118. The van der Waals surface area contributed by atoms with Gasteiger partial charge in [-0.05, 0) is 29.7 Å². The number of hydrogen-bond donors (Lipinski definition) is 2. The van der Waals surface area contributed by atoms with Crippen LogP contribution >= 0.6 is 0 Å². The van der Waals surface area contributed by atoms with Crippen LogP contribution in [0.3, 0.4) is 0 Å². The molecule has 108 valence electrons. The molecule has 0 radical (unpaired) electrons. The third kappa shape index (κ3) is 3.23. The molecule has 0 amide bonds. The van der Waals surface area contributed by atoms with E-state index in [2.05, 4.69) is 6.58 Å². The number of aryl methyl sites for hydroxylation is 1. The summed E-state index contributed by atoms with van der Waals surface area (Å²) in [6.07, 6.45) is 1.69. The summed E-state index contributed by atoms with van der Waals surface area (Å²) in [7, 11) is 0. The molecule has 0 fully saturated rings. The van der Waals surface area contributed by atoms with Gasteiger partial charge in [-0.15, -0.1) is 0 Å². The van der Waals surface area contributed by atoms with Crippen LogP contribution in [-0.4, -0.2) is 16.2 Å². The minimum Gasteiger partial charge on any atom is -0.508 e. The summed E-state index contributed by atoms with van der Waals surface area (Å²) in [5.74, 6) is -1.03. The third-order valence-electron chi connectivity index (χ3n) is 3.14. The highest BCUT2D eigenvalue weighted by molar-refractivity contribution is 5.94. The van der Waals surface area contributed by atoms with Crippen molar-refractivity contribution in [3.63, 3.8) is 0 Å². The minimum absolute atomic E-state index is 0.0592. The van der Waals surface area contributed by atoms with E-state index in [0.717, 1.165) is 17.2 Å². The molecule has 4 nitrogen and oxygen atoms in total. The topological polar surface area (TPSA) is 66.8 Å². The zero-order valence-electron chi connectivity index (χ0n) is 11.7. The average Bonchev–Trinajstić information content (AvgIpc) is 2.44. The van der Waals surface area contributed by atoms with E-state index < -0.39 is 5.97 Å². The van der Waals surface area contributed by atoms with Crippen LogP contribution in [0.4, 0.5) is 0 Å². The fourth-order valence-corrected chi connectivity index (χ4v) is 2.10. The van der Waals surface area contributed by atoms with E-state index in [-0.39, 0.29) is 23.7 Å². The van der Waals surface area contributed by atoms with Gasteiger partial charge in [0.2, 0.25) is 0 Å². The van der Waals surface area contributed by atoms with Crippen LogP contribution in [0, 0.1) is 6.92 Å². The van der Waals surface area contributed by atoms with Crippen molar-refractivity contribution < 1.29 is 19.7 Å². The van der Waals surface area contributed by atoms with Crippen molar-refractivity contribution in [1.82, 2.24) is 0 Å². The average molecular weight is 284 g/mol. The second-order valence-electron chi connectivity index (χ2n) is 4.64. The van der Waals surface area contributed by atoms with Crippen molar-refractivity contribution in [2.45, 2.75) is 13.5 Å². The largest absolute Gasteiger partial charge is 0.508 e. The predicted octanol–water partition coefficient (Wildman–Crippen LogP) is 3.41. The highest BCUT2D eigenvalue weighted by atomic mass is 16.5. The molecular weight excluding hydrogens is 268 g/mol. The number of carbonyl (C=O) groups is 1. The predicted molar refractivity (Wildman–Crippen MR) is 80.2 cm³/mol. The van der Waals surface area contributed by atoms with Crippen LogP contribution in [0.15, 0.2) is 43.0 Å². The Morgan fingerprint density at radius 1 is 1.29 bits per heavy atom. The van der Waals surface area contributed by atoms with E-state index in [4.69, 9.17) is 4.74 Å². The van der Waals surface area contributed by atoms with Gasteiger partial charge >= 0.3 is 5.97 Å². The van der Waals surface area contributed by atoms with E-state index in [1.54, 1.807) is 13.0 Å². The van der Waals surface area contributed by atoms with Crippen LogP contribution in [0.5, 0.6) is 11.5 Å². The zero-order chi connectivity index (χ0) is 15.4. The summed E-state index contributed by atoms with van der Waals surface area (Å²) in [4.78, 5) is 12.1. The molecular formula is C17H16O4. The van der Waals surface area contributed by atoms with Crippen molar-refractivity contribution in [3.8, 4) is 11.5 Å². The molecule has 2 aromatic rings. The second kappa shape index (κ2) is 6.13. The number of benzene rings is 2. The number of ether oxygens (including phenoxy) is 1. The molecule has 0 atom stereocenters. The number of phenols is 2. The number of phenolic OH excluding ortho intramolecular Hbond substituents is 2. The molecule has 21 heavy (non-hydrogen) atoms. The van der Waals surface area contributed by atoms with E-state index >= 15 is 0 Å². The standard InChI is InChI=1S/C17H16O4/c1-3-12-6-4-5-7-13(12)10-21-17(20)16-11(2)8-14(18)9-15(16)19/h3-9,18-19H,1,10H2,2H3. The first-order valence-corrected chi connectivity index (χ1v) is 6.43. The van der Waals surface area contributed by atoms with Crippen LogP contribution in [0.25, 0.3) is 6.08 Å². The maximum Gasteiger partial charge on any atom is 0.342 e. The highest BCUT2D eigenvalue weighted by Gasteiger charge is 2.17. The summed E-state index contributed by atoms with van der Waals surface area (Å²) in [6, 6.07) is 9.94. The van der Waals surface area contributed by atoms with Crippen molar-refractivity contribution in [2.75, 3.05) is 0 Å². The molecule has 4 heteroatoms. The quantitative estimate of drug-likeness (QED) is 0.844. The Kier molecular flexibility index (Phi) is 4.28. The Morgan fingerprint density at radius 2 is 2.00 bits per heavy atom. The van der Waals surface area contributed by atoms with Gasteiger partial charge in [-0.2, -0.15) is 0 Å². The van der Waals surface area contributed by atoms with Crippen LogP contribution in [0.1, 0.15) is 27.0 Å². The number of esters is 1. The van der Waals surface area contributed by atoms with Crippen LogP contribution in [-0.2, 0) is 11.3 Å². The Morgan fingerprint density at radius 3 is 2.67 bits per heavy atom. The monoisotopic (exact) mass is 284 g/mol. The van der Waals surface area contributed by atoms with Crippen LogP contribution < -0.4 is 0 Å². The van der Waals surface area contributed by atoms with Gasteiger partial charge in [0.1, 0.15) is 23.7 Å². The van der Waals surface area contributed by atoms with E-state index in [1.807, 2.05) is 24.3 Å². The van der Waals surface area contributed by atoms with Gasteiger partial charge in [0.05, 0.1) is 0 Å². The van der Waals surface area contributed by atoms with Gasteiger partial charge in [0.15, 0.2) is 0 Å². The van der Waals surface area contributed by atoms with Crippen LogP contribution in [0.2, 0.25) is 0 Å². The molecule has 0 bridgehead atoms. The molecule has 0 aromatic heterocycles. The van der Waals surface area contributed by atoms with Crippen molar-refractivity contribution >= 4 is 12.0 Å². The van der Waals surface area contributed by atoms with Gasteiger partial charge in [0, 0.05) is 6.07 Å². The smallest absolute Gasteiger partial charge is 0.342 e. The number of carbonyl (C=O) groups excluding carboxylic acids is 1. The number of rotatable bonds is 4. The number of aromatic hydroxyl groups is 2. The Labute approximate surface area is 122 Å². The molecule has 0 aliphatic rings. The summed E-state index contributed by atoms with van der Waals surface area (Å²) in [5.41, 5.74) is 2.23. The first-order valence-electron chi connectivity index (χ1n) is 6.43. The normalized spacial score (nSPS) is 10.1. The maximum absolute atomic E-state index is 12.1. The van der Waals surface area contributed by atoms with Crippen molar-refractivity contribution in [1.29, 1.82) is 0 Å². The summed E-state index contributed by atoms with van der Waals surface area (Å²) >= 11 is 0. The first kappa shape index (κ1) is 14.7. The third-order valence-corrected chi connectivity index (χ3v) is 3.14. The lowest BCUT2D eigenvalue weighted by Gasteiger charge is -2.11. The molecule has 2 N–H and O–H groups in total. The fourth-order valence-electron chi connectivity index (χ4n) is 2.10. The van der Waals surface area contributed by atoms with Crippen molar-refractivity contribution in [2.24, 2.45) is 0 Å². The molecule has 2 rings (SSSR count). The van der Waals surface area contributed by atoms with E-state index in [9.17, 15) is 15.0 Å². The highest BCUT2D eigenvalue weighted by Crippen LogP contribution is 2.27. The number of hydrogen-bond acceptors (Lipinski definition) is 4. The minimum atomic E-state index is -0.635. The van der Waals surface area contributed by atoms with Gasteiger partial charge in [-0.25, -0.2) is 4.79 Å². The molecule has 0 aliphatic carbocycles. The van der Waals surface area contributed by atoms with Crippen molar-refractivity contribution in [3.05, 3.63) is 65.2 Å². The van der Waals surface area contributed by atoms with Gasteiger partial charge < -0.3 is 14.9 Å². The molecule has 0 unspecified atom stereocenters. The lowest BCUT2D eigenvalue weighted by Crippen LogP contribution is -2.08.